The number of nitrogens with one attached hydrogen (secondary N) is 1. The third-order valence-corrected chi connectivity index (χ3v) is 3.71. The van der Waals surface area contributed by atoms with Gasteiger partial charge in [-0.25, -0.2) is 0 Å². The highest BCUT2D eigenvalue weighted by Gasteiger charge is 2.15. The number of aryl methyl sites for hydroxylation is 2. The van der Waals surface area contributed by atoms with E-state index >= 15 is 0 Å². The summed E-state index contributed by atoms with van der Waals surface area (Å²) >= 11 is 1.45. The van der Waals surface area contributed by atoms with Crippen LogP contribution in [0.15, 0.2) is 6.07 Å². The quantitative estimate of drug-likeness (QED) is 0.846. The van der Waals surface area contributed by atoms with E-state index in [0.29, 0.717) is 4.88 Å². The summed E-state index contributed by atoms with van der Waals surface area (Å²) in [6, 6.07) is 1.88. The molecule has 1 amide bonds. The Morgan fingerprint density at radius 1 is 1.53 bits per heavy atom. The van der Waals surface area contributed by atoms with Crippen LogP contribution in [0.3, 0.4) is 0 Å². The van der Waals surface area contributed by atoms with Crippen LogP contribution in [0.4, 0.5) is 0 Å². The van der Waals surface area contributed by atoms with E-state index in [9.17, 15) is 9.59 Å². The van der Waals surface area contributed by atoms with Gasteiger partial charge in [-0.2, -0.15) is 0 Å². The number of carboxylic acids is 1. The highest BCUT2D eigenvalue weighted by atomic mass is 32.1. The predicted molar refractivity (Wildman–Crippen MR) is 67.6 cm³/mol. The fraction of sp³-hybridized carbons (Fsp3) is 0.500. The fourth-order valence-electron chi connectivity index (χ4n) is 1.40. The molecule has 1 aromatic rings. The second-order valence-corrected chi connectivity index (χ2v) is 5.25. The lowest BCUT2D eigenvalue weighted by molar-refractivity contribution is -0.140. The van der Waals surface area contributed by atoms with E-state index < -0.39 is 11.9 Å². The van der Waals surface area contributed by atoms with Gasteiger partial charge in [-0.1, -0.05) is 13.8 Å². The molecule has 0 aliphatic heterocycles. The van der Waals surface area contributed by atoms with Gasteiger partial charge in [0.2, 0.25) is 0 Å². The van der Waals surface area contributed by atoms with Crippen LogP contribution in [0.5, 0.6) is 0 Å². The number of carbonyl (C=O) groups is 2. The molecule has 0 radical (unpaired) electrons. The molecule has 4 nitrogen and oxygen atoms in total. The Labute approximate surface area is 105 Å². The van der Waals surface area contributed by atoms with Crippen LogP contribution >= 0.6 is 11.3 Å². The van der Waals surface area contributed by atoms with Crippen molar-refractivity contribution in [3.05, 3.63) is 21.4 Å². The molecule has 1 atom stereocenters. The fourth-order valence-corrected chi connectivity index (χ4v) is 2.43. The first-order valence-corrected chi connectivity index (χ1v) is 6.37. The molecule has 0 aliphatic rings. The number of hydrogen-bond donors (Lipinski definition) is 2. The number of rotatable bonds is 5. The Morgan fingerprint density at radius 2 is 2.18 bits per heavy atom. The smallest absolute Gasteiger partial charge is 0.308 e. The second-order valence-electron chi connectivity index (χ2n) is 3.99. The number of carboxylic acid groups (broad SMARTS) is 1. The number of aliphatic carboxylic acids is 1. The van der Waals surface area contributed by atoms with E-state index in [4.69, 9.17) is 5.11 Å². The van der Waals surface area contributed by atoms with Gasteiger partial charge in [0.1, 0.15) is 0 Å². The van der Waals surface area contributed by atoms with Crippen molar-refractivity contribution < 1.29 is 14.7 Å². The van der Waals surface area contributed by atoms with Crippen LogP contribution in [-0.4, -0.2) is 23.5 Å². The predicted octanol–water partition coefficient (Wildman–Crippen LogP) is 2.07. The minimum atomic E-state index is -0.901. The topological polar surface area (TPSA) is 66.4 Å². The van der Waals surface area contributed by atoms with Crippen molar-refractivity contribution in [2.45, 2.75) is 27.2 Å². The van der Waals surface area contributed by atoms with Crippen LogP contribution in [0.2, 0.25) is 0 Å². The molecule has 1 rings (SSSR count). The maximum atomic E-state index is 11.8. The van der Waals surface area contributed by atoms with Crippen LogP contribution in [-0.2, 0) is 11.2 Å². The number of carbonyl (C=O) groups excluding carboxylic acids is 1. The lowest BCUT2D eigenvalue weighted by Crippen LogP contribution is -2.30. The van der Waals surface area contributed by atoms with Crippen molar-refractivity contribution in [3.8, 4) is 0 Å². The van der Waals surface area contributed by atoms with Gasteiger partial charge in [-0.15, -0.1) is 11.3 Å². The Bertz CT molecular complexity index is 425. The number of thiophene rings is 1. The molecule has 0 saturated heterocycles. The molecule has 0 aliphatic carbocycles. The zero-order chi connectivity index (χ0) is 13.0. The second kappa shape index (κ2) is 5.82. The Hall–Kier alpha value is -1.36. The van der Waals surface area contributed by atoms with Gasteiger partial charge in [-0.3, -0.25) is 9.59 Å². The maximum absolute atomic E-state index is 11.8. The summed E-state index contributed by atoms with van der Waals surface area (Å²) in [6.07, 6.45) is 0.904. The summed E-state index contributed by atoms with van der Waals surface area (Å²) in [5.74, 6) is -1.65. The molecule has 1 unspecified atom stereocenters. The Balaban J connectivity index is 2.61. The summed E-state index contributed by atoms with van der Waals surface area (Å²) in [4.78, 5) is 24.2. The SMILES string of the molecule is CCc1cc(C(=O)NCC(C)C(=O)O)sc1C. The van der Waals surface area contributed by atoms with Crippen molar-refractivity contribution in [1.29, 1.82) is 0 Å². The molecule has 17 heavy (non-hydrogen) atoms. The largest absolute Gasteiger partial charge is 0.481 e. The third kappa shape index (κ3) is 3.56. The van der Waals surface area contributed by atoms with Gasteiger partial charge < -0.3 is 10.4 Å². The molecule has 1 aromatic heterocycles. The van der Waals surface area contributed by atoms with Crippen LogP contribution < -0.4 is 5.32 Å². The van der Waals surface area contributed by atoms with Gasteiger partial charge in [0.05, 0.1) is 10.8 Å². The summed E-state index contributed by atoms with van der Waals surface area (Å²) in [5.41, 5.74) is 1.17. The highest BCUT2D eigenvalue weighted by Crippen LogP contribution is 2.21. The zero-order valence-electron chi connectivity index (χ0n) is 10.2. The lowest BCUT2D eigenvalue weighted by atomic mass is 10.2. The molecular weight excluding hydrogens is 238 g/mol. The van der Waals surface area contributed by atoms with E-state index in [1.165, 1.54) is 16.9 Å². The summed E-state index contributed by atoms with van der Waals surface area (Å²) in [7, 11) is 0. The number of hydrogen-bond acceptors (Lipinski definition) is 3. The van der Waals surface area contributed by atoms with Crippen LogP contribution in [0.25, 0.3) is 0 Å². The summed E-state index contributed by atoms with van der Waals surface area (Å²) in [5, 5.41) is 11.3. The molecule has 0 saturated carbocycles. The van der Waals surface area contributed by atoms with E-state index in [0.717, 1.165) is 11.3 Å². The molecule has 0 spiro atoms. The van der Waals surface area contributed by atoms with Gasteiger partial charge >= 0.3 is 5.97 Å². The van der Waals surface area contributed by atoms with Crippen molar-refractivity contribution in [2.75, 3.05) is 6.54 Å². The van der Waals surface area contributed by atoms with E-state index in [2.05, 4.69) is 5.32 Å². The average molecular weight is 255 g/mol. The molecule has 5 heteroatoms. The van der Waals surface area contributed by atoms with Gasteiger partial charge in [0.15, 0.2) is 0 Å². The van der Waals surface area contributed by atoms with E-state index in [-0.39, 0.29) is 12.5 Å². The van der Waals surface area contributed by atoms with Crippen molar-refractivity contribution in [3.63, 3.8) is 0 Å². The molecule has 1 heterocycles. The van der Waals surface area contributed by atoms with Crippen molar-refractivity contribution in [2.24, 2.45) is 5.92 Å². The van der Waals surface area contributed by atoms with Crippen molar-refractivity contribution in [1.82, 2.24) is 5.32 Å². The first kappa shape index (κ1) is 13.7. The molecular formula is C12H17NO3S. The first-order valence-electron chi connectivity index (χ1n) is 5.56. The molecule has 0 fully saturated rings. The highest BCUT2D eigenvalue weighted by molar-refractivity contribution is 7.14. The van der Waals surface area contributed by atoms with Gasteiger partial charge in [-0.05, 0) is 25.0 Å². The maximum Gasteiger partial charge on any atom is 0.308 e. The van der Waals surface area contributed by atoms with Crippen molar-refractivity contribution >= 4 is 23.2 Å². The number of amides is 1. The summed E-state index contributed by atoms with van der Waals surface area (Å²) in [6.45, 7) is 5.76. The minimum Gasteiger partial charge on any atom is -0.481 e. The normalized spacial score (nSPS) is 12.2. The minimum absolute atomic E-state index is 0.159. The van der Waals surface area contributed by atoms with E-state index in [1.807, 2.05) is 19.9 Å². The average Bonchev–Trinajstić information content (AvgIpc) is 2.66. The first-order chi connectivity index (χ1) is 7.95. The lowest BCUT2D eigenvalue weighted by Gasteiger charge is -2.06. The van der Waals surface area contributed by atoms with Gasteiger partial charge in [0, 0.05) is 11.4 Å². The van der Waals surface area contributed by atoms with E-state index in [1.54, 1.807) is 6.92 Å². The Kier molecular flexibility index (Phi) is 4.69. The van der Waals surface area contributed by atoms with Crippen LogP contribution in [0, 0.1) is 12.8 Å². The monoisotopic (exact) mass is 255 g/mol. The third-order valence-electron chi connectivity index (χ3n) is 2.62. The standard InChI is InChI=1S/C12H17NO3S/c1-4-9-5-10(17-8(9)3)11(14)13-6-7(2)12(15)16/h5,7H,4,6H2,1-3H3,(H,13,14)(H,15,16). The molecule has 94 valence electrons. The molecule has 0 aromatic carbocycles. The Morgan fingerprint density at radius 3 is 2.65 bits per heavy atom. The zero-order valence-corrected chi connectivity index (χ0v) is 11.1. The van der Waals surface area contributed by atoms with Crippen LogP contribution in [0.1, 0.15) is 34.0 Å². The molecule has 2 N–H and O–H groups in total. The van der Waals surface area contributed by atoms with Gasteiger partial charge in [0.25, 0.3) is 5.91 Å². The summed E-state index contributed by atoms with van der Waals surface area (Å²) < 4.78 is 0. The molecule has 0 bridgehead atoms.